The standard InChI is InChI=1S/C25H22N2O4S.C2HF3O2/c1-15-18(11-13-25(26-15)30-2)19-4-3-5-21-20(19)10-12-22(21)31-17-8-6-16(7-9-17)23-14-24(28)27-32(23)29;3-2(4,5)1(6)7/h3-9,11,13-14,22H,10,12H2,1-2H3,(H,27,28);(H,6,7)/t22-,32?;/m1./s1. The Labute approximate surface area is 224 Å². The summed E-state index contributed by atoms with van der Waals surface area (Å²) < 4.78 is 57.6. The number of methoxy groups -OCH3 is 1. The summed E-state index contributed by atoms with van der Waals surface area (Å²) in [6.07, 6.45) is -1.93. The Hall–Kier alpha value is -4.19. The van der Waals surface area contributed by atoms with Crippen LogP contribution in [0.4, 0.5) is 13.2 Å². The summed E-state index contributed by atoms with van der Waals surface area (Å²) in [6.45, 7) is 2.00. The number of halogens is 3. The number of carbonyl (C=O) groups is 2. The van der Waals surface area contributed by atoms with Gasteiger partial charge in [-0.2, -0.15) is 13.2 Å². The number of aliphatic carboxylic acids is 1. The van der Waals surface area contributed by atoms with E-state index in [4.69, 9.17) is 19.4 Å². The van der Waals surface area contributed by atoms with Crippen LogP contribution in [0.25, 0.3) is 16.0 Å². The Morgan fingerprint density at radius 3 is 2.36 bits per heavy atom. The van der Waals surface area contributed by atoms with Gasteiger partial charge in [0, 0.05) is 23.4 Å². The van der Waals surface area contributed by atoms with E-state index >= 15 is 0 Å². The molecule has 0 radical (unpaired) electrons. The van der Waals surface area contributed by atoms with Gasteiger partial charge in [0.05, 0.1) is 12.0 Å². The Morgan fingerprint density at radius 1 is 1.10 bits per heavy atom. The van der Waals surface area contributed by atoms with Crippen molar-refractivity contribution >= 4 is 27.8 Å². The second-order valence-electron chi connectivity index (χ2n) is 8.58. The first kappa shape index (κ1) is 27.8. The minimum Gasteiger partial charge on any atom is -0.486 e. The molecule has 5 rings (SSSR count). The number of hydrogen-bond acceptors (Lipinski definition) is 6. The van der Waals surface area contributed by atoms with Crippen LogP contribution in [0.5, 0.6) is 11.6 Å². The van der Waals surface area contributed by atoms with Crippen LogP contribution >= 0.6 is 0 Å². The molecule has 39 heavy (non-hydrogen) atoms. The zero-order chi connectivity index (χ0) is 28.3. The van der Waals surface area contributed by atoms with Crippen LogP contribution in [0.1, 0.15) is 34.9 Å². The molecule has 12 heteroatoms. The molecular weight excluding hydrogens is 537 g/mol. The highest BCUT2D eigenvalue weighted by Gasteiger charge is 2.38. The van der Waals surface area contributed by atoms with Crippen LogP contribution in [0.15, 0.2) is 60.7 Å². The number of rotatable bonds is 5. The predicted octanol–water partition coefficient (Wildman–Crippen LogP) is 4.90. The first-order valence-electron chi connectivity index (χ1n) is 11.6. The van der Waals surface area contributed by atoms with Crippen LogP contribution in [0.3, 0.4) is 0 Å². The lowest BCUT2D eigenvalue weighted by Crippen LogP contribution is -2.21. The molecule has 0 saturated heterocycles. The number of ether oxygens (including phenoxy) is 2. The highest BCUT2D eigenvalue weighted by atomic mass is 32.2. The number of amides is 1. The van der Waals surface area contributed by atoms with Gasteiger partial charge in [-0.15, -0.1) is 0 Å². The number of nitrogens with one attached hydrogen (secondary N) is 1. The quantitative estimate of drug-likeness (QED) is 0.456. The van der Waals surface area contributed by atoms with Crippen molar-refractivity contribution in [2.75, 3.05) is 7.11 Å². The highest BCUT2D eigenvalue weighted by Crippen LogP contribution is 2.41. The van der Waals surface area contributed by atoms with Crippen molar-refractivity contribution in [2.45, 2.75) is 32.0 Å². The zero-order valence-electron chi connectivity index (χ0n) is 20.7. The zero-order valence-corrected chi connectivity index (χ0v) is 21.6. The van der Waals surface area contributed by atoms with Crippen LogP contribution < -0.4 is 14.2 Å². The molecule has 204 valence electrons. The van der Waals surface area contributed by atoms with Crippen molar-refractivity contribution in [1.29, 1.82) is 0 Å². The first-order valence-corrected chi connectivity index (χ1v) is 12.8. The van der Waals surface area contributed by atoms with Crippen molar-refractivity contribution in [3.8, 4) is 22.8 Å². The second kappa shape index (κ2) is 11.3. The van der Waals surface area contributed by atoms with E-state index in [1.165, 1.54) is 22.8 Å². The van der Waals surface area contributed by atoms with E-state index in [2.05, 4.69) is 34.0 Å². The molecule has 0 bridgehead atoms. The minimum absolute atomic E-state index is 0.0367. The largest absolute Gasteiger partial charge is 0.490 e. The molecule has 1 aliphatic carbocycles. The fraction of sp³-hybridized carbons (Fsp3) is 0.222. The summed E-state index contributed by atoms with van der Waals surface area (Å²) in [4.78, 5) is 25.3. The Morgan fingerprint density at radius 2 is 1.79 bits per heavy atom. The summed E-state index contributed by atoms with van der Waals surface area (Å²) in [5, 5.41) is 7.12. The maximum Gasteiger partial charge on any atom is 0.490 e. The van der Waals surface area contributed by atoms with E-state index in [1.54, 1.807) is 7.11 Å². The number of benzene rings is 2. The average molecular weight is 561 g/mol. The SMILES string of the molecule is COc1ccc(-c2cccc3c2CC[C@H]3Oc2ccc(C3=CC(=O)NS3=O)cc2)c(C)n1.O=C(O)C(F)(F)F. The number of aromatic nitrogens is 1. The number of carboxylic acids is 1. The van der Waals surface area contributed by atoms with E-state index in [-0.39, 0.29) is 12.0 Å². The van der Waals surface area contributed by atoms with Crippen molar-refractivity contribution in [3.63, 3.8) is 0 Å². The first-order chi connectivity index (χ1) is 18.5. The van der Waals surface area contributed by atoms with Gasteiger partial charge in [0.2, 0.25) is 5.88 Å². The van der Waals surface area contributed by atoms with Crippen LogP contribution in [0.2, 0.25) is 0 Å². The van der Waals surface area contributed by atoms with Crippen LogP contribution in [-0.2, 0) is 27.0 Å². The third-order valence-corrected chi connectivity index (χ3v) is 7.23. The second-order valence-corrected chi connectivity index (χ2v) is 9.76. The lowest BCUT2D eigenvalue weighted by Gasteiger charge is -2.17. The third-order valence-electron chi connectivity index (χ3n) is 6.09. The van der Waals surface area contributed by atoms with Gasteiger partial charge in [-0.05, 0) is 60.2 Å². The van der Waals surface area contributed by atoms with Gasteiger partial charge in [-0.3, -0.25) is 9.52 Å². The summed E-state index contributed by atoms with van der Waals surface area (Å²) in [5.41, 5.74) is 6.45. The van der Waals surface area contributed by atoms with Gasteiger partial charge in [-0.1, -0.05) is 30.3 Å². The molecule has 0 saturated carbocycles. The van der Waals surface area contributed by atoms with E-state index < -0.39 is 23.1 Å². The molecule has 8 nitrogen and oxygen atoms in total. The van der Waals surface area contributed by atoms with Crippen molar-refractivity contribution in [1.82, 2.24) is 9.71 Å². The minimum atomic E-state index is -5.08. The van der Waals surface area contributed by atoms with Gasteiger partial charge in [0.15, 0.2) is 11.0 Å². The lowest BCUT2D eigenvalue weighted by molar-refractivity contribution is -0.192. The number of pyridine rings is 1. The lowest BCUT2D eigenvalue weighted by atomic mass is 9.96. The van der Waals surface area contributed by atoms with Gasteiger partial charge < -0.3 is 14.6 Å². The van der Waals surface area contributed by atoms with Gasteiger partial charge in [0.1, 0.15) is 11.9 Å². The molecule has 0 fully saturated rings. The molecule has 0 spiro atoms. The molecule has 2 aromatic carbocycles. The fourth-order valence-corrected chi connectivity index (χ4v) is 5.24. The third kappa shape index (κ3) is 6.28. The highest BCUT2D eigenvalue weighted by molar-refractivity contribution is 7.93. The molecule has 1 unspecified atom stereocenters. The Kier molecular flexibility index (Phi) is 8.05. The normalized spacial score (nSPS) is 17.9. The summed E-state index contributed by atoms with van der Waals surface area (Å²) in [6, 6.07) is 17.7. The molecule has 2 N–H and O–H groups in total. The predicted molar refractivity (Wildman–Crippen MR) is 137 cm³/mol. The number of alkyl halides is 3. The van der Waals surface area contributed by atoms with E-state index in [0.29, 0.717) is 10.8 Å². The Balaban J connectivity index is 0.000000448. The summed E-state index contributed by atoms with van der Waals surface area (Å²) >= 11 is 0. The number of nitrogens with zero attached hydrogens (tertiary/aromatic N) is 1. The number of carboxylic acid groups (broad SMARTS) is 1. The number of carbonyl (C=O) groups excluding carboxylic acids is 1. The summed E-state index contributed by atoms with van der Waals surface area (Å²) in [7, 11) is 0.122. The monoisotopic (exact) mass is 560 g/mol. The molecule has 1 amide bonds. The van der Waals surface area contributed by atoms with E-state index in [1.807, 2.05) is 37.3 Å². The maximum absolute atomic E-state index is 12.0. The smallest absolute Gasteiger partial charge is 0.486 e. The summed E-state index contributed by atoms with van der Waals surface area (Å²) in [5.74, 6) is -1.74. The number of fused-ring (bicyclic) bond motifs is 1. The average Bonchev–Trinajstić information content (AvgIpc) is 3.46. The molecule has 1 aromatic heterocycles. The molecule has 2 aliphatic rings. The fourth-order valence-electron chi connectivity index (χ4n) is 4.33. The van der Waals surface area contributed by atoms with Gasteiger partial charge in [-0.25, -0.2) is 14.0 Å². The molecule has 1 aliphatic heterocycles. The number of hydrogen-bond donors (Lipinski definition) is 2. The topological polar surface area (TPSA) is 115 Å². The van der Waals surface area contributed by atoms with E-state index in [9.17, 15) is 22.2 Å². The van der Waals surface area contributed by atoms with Gasteiger partial charge >= 0.3 is 12.1 Å². The van der Waals surface area contributed by atoms with E-state index in [0.717, 1.165) is 35.4 Å². The van der Waals surface area contributed by atoms with Crippen molar-refractivity contribution < 1.29 is 41.5 Å². The maximum atomic E-state index is 12.0. The Bertz CT molecular complexity index is 1470. The van der Waals surface area contributed by atoms with Crippen molar-refractivity contribution in [3.05, 3.63) is 83.1 Å². The van der Waals surface area contributed by atoms with Gasteiger partial charge in [0.25, 0.3) is 5.91 Å². The number of aryl methyl sites for hydroxylation is 1. The van der Waals surface area contributed by atoms with Crippen LogP contribution in [-0.4, -0.2) is 39.5 Å². The molecule has 2 atom stereocenters. The molecule has 3 aromatic rings. The van der Waals surface area contributed by atoms with Crippen molar-refractivity contribution in [2.24, 2.45) is 0 Å². The molecular formula is C27H23F3N2O6S. The molecule has 2 heterocycles. The van der Waals surface area contributed by atoms with Crippen LogP contribution in [0, 0.1) is 6.92 Å².